The first kappa shape index (κ1) is 17.6. The summed E-state index contributed by atoms with van der Waals surface area (Å²) in [5.74, 6) is 0.688. The first-order valence-electron chi connectivity index (χ1n) is 6.42. The number of ether oxygens (including phenoxy) is 1. The van der Waals surface area contributed by atoms with Crippen LogP contribution in [0.3, 0.4) is 0 Å². The Kier molecular flexibility index (Phi) is 6.17. The molecular weight excluding hydrogens is 319 g/mol. The van der Waals surface area contributed by atoms with Crippen LogP contribution >= 0.6 is 22.3 Å². The molecule has 0 aliphatic heterocycles. The molecule has 0 amide bonds. The molecule has 114 valence electrons. The highest BCUT2D eigenvalue weighted by atomic mass is 35.7. The van der Waals surface area contributed by atoms with Gasteiger partial charge in [0.2, 0.25) is 9.05 Å². The van der Waals surface area contributed by atoms with Gasteiger partial charge in [0, 0.05) is 21.6 Å². The van der Waals surface area contributed by atoms with Crippen molar-refractivity contribution in [3.63, 3.8) is 0 Å². The topological polar surface area (TPSA) is 43.4 Å². The molecule has 0 radical (unpaired) electrons. The van der Waals surface area contributed by atoms with Crippen LogP contribution in [-0.4, -0.2) is 20.8 Å². The number of rotatable bonds is 6. The zero-order valence-electron chi connectivity index (χ0n) is 12.1. The zero-order chi connectivity index (χ0) is 15.5. The largest absolute Gasteiger partial charge is 0.493 e. The second-order valence-corrected chi connectivity index (χ2v) is 8.65. The highest BCUT2D eigenvalue weighted by Gasteiger charge is 2.22. The minimum Gasteiger partial charge on any atom is -0.493 e. The fraction of sp³-hybridized carbons (Fsp3) is 0.571. The van der Waals surface area contributed by atoms with E-state index in [2.05, 4.69) is 0 Å². The van der Waals surface area contributed by atoms with E-state index in [1.807, 2.05) is 39.8 Å². The SMILES string of the molecule is Cc1cc(Cl)cc(C)c1OCC(CS(=O)(=O)Cl)C(C)C. The number of halogens is 2. The fourth-order valence-corrected chi connectivity index (χ4v) is 3.81. The second-order valence-electron chi connectivity index (χ2n) is 5.39. The lowest BCUT2D eigenvalue weighted by atomic mass is 9.99. The molecule has 1 atom stereocenters. The van der Waals surface area contributed by atoms with E-state index in [-0.39, 0.29) is 17.6 Å². The van der Waals surface area contributed by atoms with Gasteiger partial charge in [-0.25, -0.2) is 8.42 Å². The summed E-state index contributed by atoms with van der Waals surface area (Å²) < 4.78 is 28.3. The Morgan fingerprint density at radius 1 is 1.20 bits per heavy atom. The smallest absolute Gasteiger partial charge is 0.233 e. The van der Waals surface area contributed by atoms with Crippen molar-refractivity contribution in [1.29, 1.82) is 0 Å². The molecular formula is C14H20Cl2O3S. The lowest BCUT2D eigenvalue weighted by Crippen LogP contribution is -2.25. The monoisotopic (exact) mass is 338 g/mol. The van der Waals surface area contributed by atoms with E-state index in [1.54, 1.807) is 0 Å². The van der Waals surface area contributed by atoms with Crippen molar-refractivity contribution in [2.45, 2.75) is 27.7 Å². The minimum absolute atomic E-state index is 0.0854. The van der Waals surface area contributed by atoms with Crippen molar-refractivity contribution in [3.05, 3.63) is 28.3 Å². The molecule has 0 spiro atoms. The van der Waals surface area contributed by atoms with Gasteiger partial charge in [-0.15, -0.1) is 0 Å². The van der Waals surface area contributed by atoms with Gasteiger partial charge in [0.1, 0.15) is 5.75 Å². The Labute approximate surface area is 130 Å². The van der Waals surface area contributed by atoms with Crippen molar-refractivity contribution in [3.8, 4) is 5.75 Å². The van der Waals surface area contributed by atoms with Crippen LogP contribution in [0.25, 0.3) is 0 Å². The predicted octanol–water partition coefficient (Wildman–Crippen LogP) is 4.18. The highest BCUT2D eigenvalue weighted by Crippen LogP contribution is 2.28. The van der Waals surface area contributed by atoms with Gasteiger partial charge < -0.3 is 4.74 Å². The molecule has 0 aliphatic rings. The number of hydrogen-bond donors (Lipinski definition) is 0. The summed E-state index contributed by atoms with van der Waals surface area (Å²) in [5.41, 5.74) is 1.87. The first-order chi connectivity index (χ1) is 9.10. The summed E-state index contributed by atoms with van der Waals surface area (Å²) in [4.78, 5) is 0. The van der Waals surface area contributed by atoms with Crippen LogP contribution in [0.2, 0.25) is 5.02 Å². The highest BCUT2D eigenvalue weighted by molar-refractivity contribution is 8.13. The Bertz CT molecular complexity index is 545. The molecule has 0 bridgehead atoms. The van der Waals surface area contributed by atoms with Gasteiger partial charge in [-0.1, -0.05) is 25.4 Å². The van der Waals surface area contributed by atoms with E-state index in [9.17, 15) is 8.42 Å². The molecule has 1 rings (SSSR count). The molecule has 1 aromatic carbocycles. The molecule has 0 aliphatic carbocycles. The van der Waals surface area contributed by atoms with Gasteiger partial charge in [0.15, 0.2) is 0 Å². The molecule has 6 heteroatoms. The van der Waals surface area contributed by atoms with E-state index >= 15 is 0 Å². The summed E-state index contributed by atoms with van der Waals surface area (Å²) in [6, 6.07) is 3.65. The first-order valence-corrected chi connectivity index (χ1v) is 9.27. The molecule has 3 nitrogen and oxygen atoms in total. The van der Waals surface area contributed by atoms with Crippen molar-refractivity contribution in [2.75, 3.05) is 12.4 Å². The number of hydrogen-bond acceptors (Lipinski definition) is 3. The summed E-state index contributed by atoms with van der Waals surface area (Å²) in [6.07, 6.45) is 0. The van der Waals surface area contributed by atoms with E-state index in [0.29, 0.717) is 11.6 Å². The van der Waals surface area contributed by atoms with E-state index in [1.165, 1.54) is 0 Å². The Balaban J connectivity index is 2.83. The molecule has 1 unspecified atom stereocenters. The third-order valence-electron chi connectivity index (χ3n) is 3.22. The van der Waals surface area contributed by atoms with E-state index in [0.717, 1.165) is 16.9 Å². The number of aryl methyl sites for hydroxylation is 2. The summed E-state index contributed by atoms with van der Waals surface area (Å²) >= 11 is 5.97. The van der Waals surface area contributed by atoms with E-state index < -0.39 is 9.05 Å². The molecule has 0 fully saturated rings. The van der Waals surface area contributed by atoms with Crippen molar-refractivity contribution >= 4 is 31.3 Å². The van der Waals surface area contributed by atoms with Gasteiger partial charge >= 0.3 is 0 Å². The predicted molar refractivity (Wildman–Crippen MR) is 84.4 cm³/mol. The third kappa shape index (κ3) is 5.51. The van der Waals surface area contributed by atoms with Gasteiger partial charge in [-0.05, 0) is 43.0 Å². The van der Waals surface area contributed by atoms with Crippen LogP contribution in [0.4, 0.5) is 0 Å². The fourth-order valence-electron chi connectivity index (χ4n) is 2.00. The Morgan fingerprint density at radius 2 is 1.70 bits per heavy atom. The summed E-state index contributed by atoms with van der Waals surface area (Å²) in [7, 11) is 1.81. The van der Waals surface area contributed by atoms with Gasteiger partial charge in [-0.3, -0.25) is 0 Å². The average Bonchev–Trinajstić information content (AvgIpc) is 2.23. The standard InChI is InChI=1S/C14H20Cl2O3S/c1-9(2)12(8-20(16,17)18)7-19-14-10(3)5-13(15)6-11(14)4/h5-6,9,12H,7-8H2,1-4H3. The van der Waals surface area contributed by atoms with Crippen LogP contribution in [-0.2, 0) is 9.05 Å². The average molecular weight is 339 g/mol. The maximum absolute atomic E-state index is 11.2. The minimum atomic E-state index is -3.53. The normalized spacial score (nSPS) is 13.6. The summed E-state index contributed by atoms with van der Waals surface area (Å²) in [5, 5.41) is 0.663. The molecule has 1 aromatic rings. The zero-order valence-corrected chi connectivity index (χ0v) is 14.4. The lowest BCUT2D eigenvalue weighted by molar-refractivity contribution is 0.223. The van der Waals surface area contributed by atoms with Gasteiger partial charge in [0.05, 0.1) is 12.4 Å². The van der Waals surface area contributed by atoms with Crippen molar-refractivity contribution in [1.82, 2.24) is 0 Å². The lowest BCUT2D eigenvalue weighted by Gasteiger charge is -2.21. The van der Waals surface area contributed by atoms with Crippen LogP contribution in [0, 0.1) is 25.7 Å². The maximum atomic E-state index is 11.2. The van der Waals surface area contributed by atoms with Crippen molar-refractivity contribution < 1.29 is 13.2 Å². The van der Waals surface area contributed by atoms with Crippen LogP contribution in [0.5, 0.6) is 5.75 Å². The van der Waals surface area contributed by atoms with Gasteiger partial charge in [0.25, 0.3) is 0 Å². The molecule has 0 saturated carbocycles. The quantitative estimate of drug-likeness (QED) is 0.731. The van der Waals surface area contributed by atoms with Crippen molar-refractivity contribution in [2.24, 2.45) is 11.8 Å². The third-order valence-corrected chi connectivity index (χ3v) is 4.65. The summed E-state index contributed by atoms with van der Waals surface area (Å²) in [6.45, 7) is 8.05. The van der Waals surface area contributed by atoms with Crippen LogP contribution < -0.4 is 4.74 Å². The Hall–Kier alpha value is -0.450. The number of benzene rings is 1. The molecule has 0 heterocycles. The van der Waals surface area contributed by atoms with Gasteiger partial charge in [-0.2, -0.15) is 0 Å². The molecule has 0 saturated heterocycles. The molecule has 0 aromatic heterocycles. The molecule has 0 N–H and O–H groups in total. The second kappa shape index (κ2) is 7.01. The Morgan fingerprint density at radius 3 is 2.10 bits per heavy atom. The molecule has 20 heavy (non-hydrogen) atoms. The maximum Gasteiger partial charge on any atom is 0.233 e. The van der Waals surface area contributed by atoms with E-state index in [4.69, 9.17) is 27.0 Å². The van der Waals surface area contributed by atoms with Crippen LogP contribution in [0.1, 0.15) is 25.0 Å². The van der Waals surface area contributed by atoms with Crippen LogP contribution in [0.15, 0.2) is 12.1 Å².